The molecule has 2 amide bonds. The number of aromatic nitrogens is 2. The third-order valence-corrected chi connectivity index (χ3v) is 5.15. The van der Waals surface area contributed by atoms with Crippen molar-refractivity contribution in [3.8, 4) is 5.69 Å². The maximum Gasteiger partial charge on any atom is 0.255 e. The van der Waals surface area contributed by atoms with Crippen molar-refractivity contribution in [2.75, 3.05) is 10.6 Å². The van der Waals surface area contributed by atoms with Gasteiger partial charge in [-0.05, 0) is 73.2 Å². The lowest BCUT2D eigenvalue weighted by atomic mass is 10.1. The van der Waals surface area contributed by atoms with Gasteiger partial charge in [0.05, 0.1) is 0 Å². The number of hydrogen-bond donors (Lipinski definition) is 3. The quantitative estimate of drug-likeness (QED) is 0.375. The van der Waals surface area contributed by atoms with Gasteiger partial charge in [-0.2, -0.15) is 0 Å². The summed E-state index contributed by atoms with van der Waals surface area (Å²) in [4.78, 5) is 28.1. The summed E-state index contributed by atoms with van der Waals surface area (Å²) in [6.45, 7) is 1.90. The molecule has 0 saturated carbocycles. The monoisotopic (exact) mass is 428 g/mol. The van der Waals surface area contributed by atoms with Crippen LogP contribution in [0, 0.1) is 11.7 Å². The molecule has 0 aliphatic heterocycles. The summed E-state index contributed by atoms with van der Waals surface area (Å²) in [5.41, 5.74) is 4.07. The van der Waals surface area contributed by atoms with Crippen LogP contribution in [0.2, 0.25) is 0 Å². The van der Waals surface area contributed by atoms with E-state index in [0.717, 1.165) is 11.3 Å². The molecule has 0 spiro atoms. The van der Waals surface area contributed by atoms with Crippen LogP contribution >= 0.6 is 12.2 Å². The molecule has 0 saturated heterocycles. The van der Waals surface area contributed by atoms with E-state index in [0.29, 0.717) is 27.3 Å². The van der Waals surface area contributed by atoms with Crippen LogP contribution in [0.3, 0.4) is 0 Å². The number of hydrogen-bond acceptors (Lipinski definition) is 3. The van der Waals surface area contributed by atoms with E-state index >= 15 is 0 Å². The molecule has 0 aliphatic carbocycles. The Morgan fingerprint density at radius 3 is 2.23 bits per heavy atom. The molecule has 0 unspecified atom stereocenters. The number of imidazole rings is 1. The second-order valence-electron chi connectivity index (χ2n) is 6.99. The van der Waals surface area contributed by atoms with Gasteiger partial charge in [0.2, 0.25) is 0 Å². The number of aryl methyl sites for hydroxylation is 1. The first kappa shape index (κ1) is 20.3. The topological polar surface area (TPSA) is 78.9 Å². The van der Waals surface area contributed by atoms with E-state index < -0.39 is 0 Å². The third kappa shape index (κ3) is 4.62. The molecule has 31 heavy (non-hydrogen) atoms. The predicted octanol–water partition coefficient (Wildman–Crippen LogP) is 5.35. The van der Waals surface area contributed by atoms with Crippen LogP contribution < -0.4 is 10.6 Å². The highest BCUT2D eigenvalue weighted by Crippen LogP contribution is 2.22. The van der Waals surface area contributed by atoms with Crippen molar-refractivity contribution < 1.29 is 9.59 Å². The first-order valence-electron chi connectivity index (χ1n) is 9.66. The molecule has 3 N–H and O–H groups in total. The number of carbonyl (C=O) groups excluding carboxylic acids is 2. The number of H-pyrrole nitrogens is 1. The molecule has 154 valence electrons. The molecule has 1 aromatic heterocycles. The van der Waals surface area contributed by atoms with Gasteiger partial charge in [0, 0.05) is 40.6 Å². The molecule has 1 heterocycles. The molecular formula is C24H20N4O2S. The number of nitrogens with zero attached hydrogens (tertiary/aromatic N) is 1. The van der Waals surface area contributed by atoms with E-state index in [9.17, 15) is 9.59 Å². The Hall–Kier alpha value is -3.97. The summed E-state index contributed by atoms with van der Waals surface area (Å²) in [6.07, 6.45) is 3.59. The van der Waals surface area contributed by atoms with Gasteiger partial charge in [0.25, 0.3) is 11.8 Å². The molecule has 6 nitrogen and oxygen atoms in total. The largest absolute Gasteiger partial charge is 0.337 e. The van der Waals surface area contributed by atoms with Crippen molar-refractivity contribution in [3.63, 3.8) is 0 Å². The molecule has 4 aromatic rings. The van der Waals surface area contributed by atoms with Gasteiger partial charge in [-0.25, -0.2) is 0 Å². The Morgan fingerprint density at radius 2 is 1.55 bits per heavy atom. The molecule has 0 radical (unpaired) electrons. The van der Waals surface area contributed by atoms with Crippen LogP contribution in [-0.2, 0) is 0 Å². The lowest BCUT2D eigenvalue weighted by Gasteiger charge is -2.12. The van der Waals surface area contributed by atoms with E-state index in [1.54, 1.807) is 42.6 Å². The number of aromatic amines is 1. The molecule has 4 rings (SSSR count). The van der Waals surface area contributed by atoms with E-state index in [2.05, 4.69) is 15.6 Å². The van der Waals surface area contributed by atoms with Crippen LogP contribution in [0.1, 0.15) is 26.3 Å². The summed E-state index contributed by atoms with van der Waals surface area (Å²) in [5, 5.41) is 5.78. The van der Waals surface area contributed by atoms with Crippen LogP contribution in [-0.4, -0.2) is 21.4 Å². The van der Waals surface area contributed by atoms with Gasteiger partial charge in [-0.3, -0.25) is 14.2 Å². The fourth-order valence-electron chi connectivity index (χ4n) is 3.12. The van der Waals surface area contributed by atoms with Crippen molar-refractivity contribution >= 4 is 35.4 Å². The summed E-state index contributed by atoms with van der Waals surface area (Å²) in [5.74, 6) is -0.445. The molecule has 0 bridgehead atoms. The number of carbonyl (C=O) groups is 2. The molecule has 0 aliphatic rings. The SMILES string of the molecule is Cc1ccc(NC(=O)c2ccccc2)cc1NC(=O)c1ccc(-n2cc[nH]c2=S)cc1. The zero-order valence-corrected chi connectivity index (χ0v) is 17.6. The van der Waals surface area contributed by atoms with Gasteiger partial charge >= 0.3 is 0 Å². The Balaban J connectivity index is 1.49. The predicted molar refractivity (Wildman–Crippen MR) is 124 cm³/mol. The van der Waals surface area contributed by atoms with E-state index in [1.807, 2.05) is 54.1 Å². The summed E-state index contributed by atoms with van der Waals surface area (Å²) in [7, 11) is 0. The van der Waals surface area contributed by atoms with Crippen LogP contribution in [0.25, 0.3) is 5.69 Å². The minimum atomic E-state index is -0.237. The Bertz CT molecular complexity index is 1290. The molecular weight excluding hydrogens is 408 g/mol. The first-order chi connectivity index (χ1) is 15.0. The second kappa shape index (κ2) is 8.81. The number of amides is 2. The number of benzene rings is 3. The van der Waals surface area contributed by atoms with Crippen molar-refractivity contribution in [2.45, 2.75) is 6.92 Å². The van der Waals surface area contributed by atoms with E-state index in [-0.39, 0.29) is 11.8 Å². The van der Waals surface area contributed by atoms with Crippen molar-refractivity contribution in [2.24, 2.45) is 0 Å². The van der Waals surface area contributed by atoms with Gasteiger partial charge in [-0.15, -0.1) is 0 Å². The van der Waals surface area contributed by atoms with E-state index in [1.165, 1.54) is 0 Å². The normalized spacial score (nSPS) is 10.5. The Kier molecular flexibility index (Phi) is 5.77. The number of rotatable bonds is 5. The van der Waals surface area contributed by atoms with Crippen LogP contribution in [0.4, 0.5) is 11.4 Å². The minimum Gasteiger partial charge on any atom is -0.337 e. The maximum absolute atomic E-state index is 12.8. The lowest BCUT2D eigenvalue weighted by molar-refractivity contribution is 0.101. The van der Waals surface area contributed by atoms with Gasteiger partial charge in [0.1, 0.15) is 0 Å². The highest BCUT2D eigenvalue weighted by atomic mass is 32.1. The molecule has 3 aromatic carbocycles. The van der Waals surface area contributed by atoms with E-state index in [4.69, 9.17) is 12.2 Å². The molecule has 0 fully saturated rings. The smallest absolute Gasteiger partial charge is 0.255 e. The average molecular weight is 429 g/mol. The highest BCUT2D eigenvalue weighted by Gasteiger charge is 2.11. The second-order valence-corrected chi connectivity index (χ2v) is 7.37. The van der Waals surface area contributed by atoms with Crippen molar-refractivity contribution in [1.29, 1.82) is 0 Å². The van der Waals surface area contributed by atoms with Crippen LogP contribution in [0.5, 0.6) is 0 Å². The standard InChI is InChI=1S/C24H20N4O2S/c1-16-7-10-19(26-22(29)17-5-3-2-4-6-17)15-21(16)27-23(30)18-8-11-20(12-9-18)28-14-13-25-24(28)31/h2-15H,1H3,(H,25,31)(H,26,29)(H,27,30). The van der Waals surface area contributed by atoms with Gasteiger partial charge in [0.15, 0.2) is 4.77 Å². The zero-order chi connectivity index (χ0) is 21.8. The summed E-state index contributed by atoms with van der Waals surface area (Å²) >= 11 is 5.22. The Labute approximate surface area is 184 Å². The maximum atomic E-state index is 12.8. The summed E-state index contributed by atoms with van der Waals surface area (Å²) in [6, 6.07) is 21.5. The van der Waals surface area contributed by atoms with Crippen molar-refractivity contribution in [1.82, 2.24) is 9.55 Å². The molecule has 7 heteroatoms. The third-order valence-electron chi connectivity index (χ3n) is 4.84. The Morgan fingerprint density at radius 1 is 0.871 bits per heavy atom. The van der Waals surface area contributed by atoms with Gasteiger partial charge < -0.3 is 15.6 Å². The molecule has 0 atom stereocenters. The number of nitrogens with one attached hydrogen (secondary N) is 3. The first-order valence-corrected chi connectivity index (χ1v) is 10.1. The number of anilines is 2. The fourth-order valence-corrected chi connectivity index (χ4v) is 3.35. The average Bonchev–Trinajstić information content (AvgIpc) is 3.22. The zero-order valence-electron chi connectivity index (χ0n) is 16.8. The summed E-state index contributed by atoms with van der Waals surface area (Å²) < 4.78 is 2.40. The lowest BCUT2D eigenvalue weighted by Crippen LogP contribution is -2.15. The minimum absolute atomic E-state index is 0.208. The fraction of sp³-hybridized carbons (Fsp3) is 0.0417. The van der Waals surface area contributed by atoms with Crippen molar-refractivity contribution in [3.05, 3.63) is 107 Å². The highest BCUT2D eigenvalue weighted by molar-refractivity contribution is 7.71. The van der Waals surface area contributed by atoms with Crippen LogP contribution in [0.15, 0.2) is 85.2 Å². The van der Waals surface area contributed by atoms with Gasteiger partial charge in [-0.1, -0.05) is 24.3 Å².